The number of aliphatic imine (C=N–C) groups is 1. The fourth-order valence-corrected chi connectivity index (χ4v) is 3.63. The maximum absolute atomic E-state index is 11.7. The van der Waals surface area contributed by atoms with Gasteiger partial charge in [-0.2, -0.15) is 0 Å². The predicted octanol–water partition coefficient (Wildman–Crippen LogP) is 3.06. The van der Waals surface area contributed by atoms with E-state index in [2.05, 4.69) is 51.8 Å². The van der Waals surface area contributed by atoms with E-state index in [1.807, 2.05) is 11.1 Å². The van der Waals surface area contributed by atoms with Gasteiger partial charge in [-0.05, 0) is 24.5 Å². The molecule has 0 unspecified atom stereocenters. The summed E-state index contributed by atoms with van der Waals surface area (Å²) >= 11 is 1.68. The molecule has 0 bridgehead atoms. The van der Waals surface area contributed by atoms with Crippen LogP contribution in [0.2, 0.25) is 0 Å². The van der Waals surface area contributed by atoms with Crippen LogP contribution >= 0.6 is 35.3 Å². The van der Waals surface area contributed by atoms with Gasteiger partial charge >= 0.3 is 0 Å². The average Bonchev–Trinajstić information content (AvgIpc) is 3.25. The first-order chi connectivity index (χ1) is 12.6. The van der Waals surface area contributed by atoms with E-state index < -0.39 is 0 Å². The second-order valence-electron chi connectivity index (χ2n) is 6.38. The van der Waals surface area contributed by atoms with E-state index in [-0.39, 0.29) is 29.9 Å². The number of guanidine groups is 1. The summed E-state index contributed by atoms with van der Waals surface area (Å²) in [4.78, 5) is 23.4. The lowest BCUT2D eigenvalue weighted by molar-refractivity contribution is -0.128. The molecule has 1 fully saturated rings. The predicted molar refractivity (Wildman–Crippen MR) is 120 cm³/mol. The number of carbonyl (C=O) groups excluding carboxylic acids is 1. The molecule has 27 heavy (non-hydrogen) atoms. The van der Waals surface area contributed by atoms with E-state index in [1.54, 1.807) is 18.4 Å². The van der Waals surface area contributed by atoms with Crippen molar-refractivity contribution in [3.05, 3.63) is 51.5 Å². The molecule has 146 valence electrons. The maximum Gasteiger partial charge on any atom is 0.222 e. The van der Waals surface area contributed by atoms with Gasteiger partial charge in [0, 0.05) is 44.2 Å². The van der Waals surface area contributed by atoms with E-state index in [1.165, 1.54) is 16.0 Å². The summed E-state index contributed by atoms with van der Waals surface area (Å²) in [5, 5.41) is 7.64. The Morgan fingerprint density at radius 1 is 1.22 bits per heavy atom. The van der Waals surface area contributed by atoms with E-state index in [0.29, 0.717) is 26.1 Å². The van der Waals surface area contributed by atoms with Crippen molar-refractivity contribution in [1.82, 2.24) is 20.5 Å². The zero-order valence-electron chi connectivity index (χ0n) is 15.7. The Morgan fingerprint density at radius 2 is 1.93 bits per heavy atom. The Bertz CT molecular complexity index is 775. The van der Waals surface area contributed by atoms with Crippen molar-refractivity contribution in [1.29, 1.82) is 0 Å². The summed E-state index contributed by atoms with van der Waals surface area (Å²) in [6.07, 6.45) is 3.55. The summed E-state index contributed by atoms with van der Waals surface area (Å²) in [5.74, 6) is 1.02. The van der Waals surface area contributed by atoms with Gasteiger partial charge in [0.25, 0.3) is 0 Å². The Labute approximate surface area is 181 Å². The van der Waals surface area contributed by atoms with Gasteiger partial charge in [0.1, 0.15) is 5.01 Å². The van der Waals surface area contributed by atoms with Crippen LogP contribution in [0.5, 0.6) is 0 Å². The smallest absolute Gasteiger partial charge is 0.222 e. The van der Waals surface area contributed by atoms with Crippen LogP contribution in [0.3, 0.4) is 0 Å². The molecule has 0 atom stereocenters. The molecule has 2 aromatic rings. The molecule has 2 heterocycles. The quantitative estimate of drug-likeness (QED) is 0.364. The number of amides is 1. The molecule has 0 aliphatic carbocycles. The topological polar surface area (TPSA) is 69.6 Å². The highest BCUT2D eigenvalue weighted by atomic mass is 127. The molecular weight excluding hydrogens is 473 g/mol. The van der Waals surface area contributed by atoms with Gasteiger partial charge < -0.3 is 15.5 Å². The minimum atomic E-state index is 0. The van der Waals surface area contributed by atoms with Crippen LogP contribution in [0.4, 0.5) is 0 Å². The monoisotopic (exact) mass is 499 g/mol. The van der Waals surface area contributed by atoms with Gasteiger partial charge in [-0.1, -0.05) is 24.3 Å². The number of aromatic nitrogens is 1. The third kappa shape index (κ3) is 6.46. The minimum Gasteiger partial charge on any atom is -0.352 e. The summed E-state index contributed by atoms with van der Waals surface area (Å²) in [7, 11) is 1.76. The van der Waals surface area contributed by atoms with Gasteiger partial charge in [0.2, 0.25) is 5.91 Å². The van der Waals surface area contributed by atoms with Crippen molar-refractivity contribution in [2.45, 2.75) is 39.4 Å². The summed E-state index contributed by atoms with van der Waals surface area (Å²) in [6.45, 7) is 5.00. The summed E-state index contributed by atoms with van der Waals surface area (Å²) in [6, 6.07) is 8.38. The maximum atomic E-state index is 11.7. The number of benzene rings is 1. The highest BCUT2D eigenvalue weighted by molar-refractivity contribution is 14.0. The lowest BCUT2D eigenvalue weighted by Crippen LogP contribution is -2.36. The molecule has 0 saturated carbocycles. The SMILES string of the molecule is CN=C(NCc1ccc(CN2CCCC2=O)cc1)NCc1ncc(C)s1.I. The van der Waals surface area contributed by atoms with Crippen LogP contribution in [0.25, 0.3) is 0 Å². The second kappa shape index (κ2) is 10.6. The van der Waals surface area contributed by atoms with Crippen LogP contribution in [-0.2, 0) is 24.4 Å². The van der Waals surface area contributed by atoms with E-state index in [0.717, 1.165) is 23.9 Å². The Hall–Kier alpha value is -1.68. The lowest BCUT2D eigenvalue weighted by atomic mass is 10.1. The highest BCUT2D eigenvalue weighted by Crippen LogP contribution is 2.15. The Kier molecular flexibility index (Phi) is 8.49. The molecule has 1 aliphatic heterocycles. The van der Waals surface area contributed by atoms with Gasteiger partial charge in [0.05, 0.1) is 6.54 Å². The fraction of sp³-hybridized carbons (Fsp3) is 0.421. The number of thiazole rings is 1. The van der Waals surface area contributed by atoms with Crippen molar-refractivity contribution < 1.29 is 4.79 Å². The minimum absolute atomic E-state index is 0. The van der Waals surface area contributed by atoms with Gasteiger partial charge in [-0.15, -0.1) is 35.3 Å². The number of hydrogen-bond acceptors (Lipinski definition) is 4. The van der Waals surface area contributed by atoms with Crippen LogP contribution in [-0.4, -0.2) is 35.3 Å². The molecule has 1 aliphatic rings. The number of nitrogens with one attached hydrogen (secondary N) is 2. The molecular formula is C19H26IN5OS. The van der Waals surface area contributed by atoms with Crippen LogP contribution in [0, 0.1) is 6.92 Å². The highest BCUT2D eigenvalue weighted by Gasteiger charge is 2.19. The standard InChI is InChI=1S/C19H25N5OS.HI/c1-14-10-21-17(26-14)12-23-19(20-2)22-11-15-5-7-16(8-6-15)13-24-9-3-4-18(24)25;/h5-8,10H,3-4,9,11-13H2,1-2H3,(H2,20,22,23);1H. The van der Waals surface area contributed by atoms with Gasteiger partial charge in [0.15, 0.2) is 5.96 Å². The van der Waals surface area contributed by atoms with Crippen molar-refractivity contribution >= 4 is 47.2 Å². The number of nitrogens with zero attached hydrogens (tertiary/aromatic N) is 3. The molecule has 1 saturated heterocycles. The van der Waals surface area contributed by atoms with E-state index in [4.69, 9.17) is 0 Å². The number of hydrogen-bond donors (Lipinski definition) is 2. The van der Waals surface area contributed by atoms with E-state index >= 15 is 0 Å². The molecule has 1 aromatic carbocycles. The van der Waals surface area contributed by atoms with Gasteiger partial charge in [-0.25, -0.2) is 4.98 Å². The fourth-order valence-electron chi connectivity index (χ4n) is 2.90. The number of likely N-dealkylation sites (tertiary alicyclic amines) is 1. The van der Waals surface area contributed by atoms with Crippen molar-refractivity contribution in [3.8, 4) is 0 Å². The average molecular weight is 499 g/mol. The number of carbonyl (C=O) groups is 1. The van der Waals surface area contributed by atoms with Crippen LogP contribution in [0.15, 0.2) is 35.5 Å². The normalized spacial score (nSPS) is 14.2. The van der Waals surface area contributed by atoms with Gasteiger partial charge in [-0.3, -0.25) is 9.79 Å². The second-order valence-corrected chi connectivity index (χ2v) is 7.70. The molecule has 1 aromatic heterocycles. The third-order valence-electron chi connectivity index (χ3n) is 4.33. The summed E-state index contributed by atoms with van der Waals surface area (Å²) < 4.78 is 0. The molecule has 0 radical (unpaired) electrons. The Balaban J connectivity index is 0.00000261. The first-order valence-electron chi connectivity index (χ1n) is 8.85. The number of halogens is 1. The van der Waals surface area contributed by atoms with Crippen LogP contribution < -0.4 is 10.6 Å². The van der Waals surface area contributed by atoms with Crippen molar-refractivity contribution in [2.24, 2.45) is 4.99 Å². The molecule has 0 spiro atoms. The van der Waals surface area contributed by atoms with E-state index in [9.17, 15) is 4.79 Å². The third-order valence-corrected chi connectivity index (χ3v) is 5.24. The van der Waals surface area contributed by atoms with Crippen molar-refractivity contribution in [2.75, 3.05) is 13.6 Å². The van der Waals surface area contributed by atoms with Crippen LogP contribution in [0.1, 0.15) is 33.9 Å². The molecule has 1 amide bonds. The lowest BCUT2D eigenvalue weighted by Gasteiger charge is -2.16. The first kappa shape index (κ1) is 21.6. The zero-order chi connectivity index (χ0) is 18.4. The number of aryl methyl sites for hydroxylation is 1. The molecule has 6 nitrogen and oxygen atoms in total. The summed E-state index contributed by atoms with van der Waals surface area (Å²) in [5.41, 5.74) is 2.35. The largest absolute Gasteiger partial charge is 0.352 e. The molecule has 3 rings (SSSR count). The molecule has 8 heteroatoms. The van der Waals surface area contributed by atoms with Crippen molar-refractivity contribution in [3.63, 3.8) is 0 Å². The first-order valence-corrected chi connectivity index (χ1v) is 9.67. The Morgan fingerprint density at radius 3 is 2.52 bits per heavy atom. The zero-order valence-corrected chi connectivity index (χ0v) is 18.8. The number of rotatable bonds is 6. The molecule has 2 N–H and O–H groups in total.